The maximum absolute atomic E-state index is 3.63. The Labute approximate surface area is 110 Å². The highest BCUT2D eigenvalue weighted by Gasteiger charge is 2.24. The van der Waals surface area contributed by atoms with Crippen molar-refractivity contribution in [2.24, 2.45) is 0 Å². The molecule has 0 radical (unpaired) electrons. The minimum absolute atomic E-state index is 0.259. The molecule has 0 spiro atoms. The van der Waals surface area contributed by atoms with Crippen LogP contribution in [0.2, 0.25) is 0 Å². The van der Waals surface area contributed by atoms with Crippen molar-refractivity contribution < 1.29 is 0 Å². The number of anilines is 1. The quantitative estimate of drug-likeness (QED) is 0.691. The Bertz CT molecular complexity index is 682. The number of nitrogens with zero attached hydrogens (tertiary/aromatic N) is 1. The van der Waals surface area contributed by atoms with E-state index in [4.69, 9.17) is 0 Å². The summed E-state index contributed by atoms with van der Waals surface area (Å²) in [5, 5.41) is 5.76. The van der Waals surface area contributed by atoms with Crippen LogP contribution in [0.25, 0.3) is 5.69 Å². The molecule has 4 rings (SSSR count). The molecular weight excluding hydrogens is 240 g/mol. The molecule has 18 heavy (non-hydrogen) atoms. The smallest absolute Gasteiger partial charge is 0.102 e. The van der Waals surface area contributed by atoms with Gasteiger partial charge in [0.25, 0.3) is 0 Å². The highest BCUT2D eigenvalue weighted by atomic mass is 32.1. The van der Waals surface area contributed by atoms with Crippen LogP contribution >= 0.6 is 11.3 Å². The van der Waals surface area contributed by atoms with E-state index in [0.29, 0.717) is 0 Å². The highest BCUT2D eigenvalue weighted by molar-refractivity contribution is 7.10. The summed E-state index contributed by atoms with van der Waals surface area (Å²) >= 11 is 1.80. The van der Waals surface area contributed by atoms with Gasteiger partial charge in [-0.3, -0.25) is 0 Å². The average molecular weight is 252 g/mol. The first-order valence-electron chi connectivity index (χ1n) is 6.00. The molecule has 0 aliphatic carbocycles. The van der Waals surface area contributed by atoms with E-state index in [2.05, 4.69) is 70.0 Å². The minimum atomic E-state index is 0.259. The average Bonchev–Trinajstić information content (AvgIpc) is 3.09. The summed E-state index contributed by atoms with van der Waals surface area (Å²) in [6.45, 7) is 0. The van der Waals surface area contributed by atoms with Gasteiger partial charge in [-0.25, -0.2) is 0 Å². The molecule has 0 amide bonds. The summed E-state index contributed by atoms with van der Waals surface area (Å²) in [5.41, 5.74) is 3.72. The fraction of sp³-hybridized carbons (Fsp3) is 0.0667. The fourth-order valence-electron chi connectivity index (χ4n) is 2.56. The standard InChI is InChI=1S/C15H12N2S/c1-2-6-12-11(5-1)16-15(14-8-4-10-18-14)13-7-3-9-17(12)13/h1-10,15-16H/t15-/m0/s1. The van der Waals surface area contributed by atoms with Crippen molar-refractivity contribution in [2.75, 3.05) is 5.32 Å². The van der Waals surface area contributed by atoms with E-state index in [0.717, 1.165) is 0 Å². The van der Waals surface area contributed by atoms with Crippen molar-refractivity contribution in [1.29, 1.82) is 0 Å². The first kappa shape index (κ1) is 9.97. The first-order chi connectivity index (χ1) is 8.93. The van der Waals surface area contributed by atoms with E-state index in [-0.39, 0.29) is 6.04 Å². The van der Waals surface area contributed by atoms with E-state index < -0.39 is 0 Å². The number of fused-ring (bicyclic) bond motifs is 3. The molecule has 0 fully saturated rings. The molecule has 0 bridgehead atoms. The van der Waals surface area contributed by atoms with E-state index in [1.165, 1.54) is 21.9 Å². The van der Waals surface area contributed by atoms with Crippen LogP contribution < -0.4 is 5.32 Å². The zero-order valence-electron chi connectivity index (χ0n) is 9.71. The Morgan fingerprint density at radius 2 is 1.94 bits per heavy atom. The second kappa shape index (κ2) is 3.75. The normalized spacial score (nSPS) is 16.8. The monoisotopic (exact) mass is 252 g/mol. The molecule has 0 unspecified atom stereocenters. The van der Waals surface area contributed by atoms with Crippen molar-refractivity contribution in [3.8, 4) is 5.69 Å². The zero-order chi connectivity index (χ0) is 11.9. The second-order valence-corrected chi connectivity index (χ2v) is 5.39. The summed E-state index contributed by atoms with van der Waals surface area (Å²) in [6.07, 6.45) is 2.13. The summed E-state index contributed by atoms with van der Waals surface area (Å²) in [4.78, 5) is 1.35. The zero-order valence-corrected chi connectivity index (χ0v) is 10.5. The Kier molecular flexibility index (Phi) is 2.08. The van der Waals surface area contributed by atoms with Crippen LogP contribution in [-0.4, -0.2) is 4.57 Å². The van der Waals surface area contributed by atoms with E-state index in [1.54, 1.807) is 11.3 Å². The van der Waals surface area contributed by atoms with Crippen LogP contribution in [0, 0.1) is 0 Å². The maximum atomic E-state index is 3.63. The molecule has 3 heteroatoms. The predicted octanol–water partition coefficient (Wildman–Crippen LogP) is 4.05. The van der Waals surface area contributed by atoms with Crippen LogP contribution in [0.5, 0.6) is 0 Å². The summed E-state index contributed by atoms with van der Waals surface area (Å²) in [5.74, 6) is 0. The van der Waals surface area contributed by atoms with Gasteiger partial charge in [0, 0.05) is 11.1 Å². The lowest BCUT2D eigenvalue weighted by atomic mass is 10.1. The molecular formula is C15H12N2S. The second-order valence-electron chi connectivity index (χ2n) is 4.41. The van der Waals surface area contributed by atoms with Gasteiger partial charge in [0.2, 0.25) is 0 Å². The first-order valence-corrected chi connectivity index (χ1v) is 6.88. The molecule has 3 aromatic rings. The summed E-state index contributed by atoms with van der Waals surface area (Å²) in [7, 11) is 0. The minimum Gasteiger partial charge on any atom is -0.370 e. The third-order valence-electron chi connectivity index (χ3n) is 3.37. The molecule has 2 nitrogen and oxygen atoms in total. The lowest BCUT2D eigenvalue weighted by Gasteiger charge is -2.28. The number of hydrogen-bond acceptors (Lipinski definition) is 2. The number of nitrogens with one attached hydrogen (secondary N) is 1. The molecule has 1 aliphatic heterocycles. The third-order valence-corrected chi connectivity index (χ3v) is 4.30. The largest absolute Gasteiger partial charge is 0.370 e. The predicted molar refractivity (Wildman–Crippen MR) is 75.6 cm³/mol. The lowest BCUT2D eigenvalue weighted by molar-refractivity contribution is 0.822. The molecule has 2 aromatic heterocycles. The van der Waals surface area contributed by atoms with Gasteiger partial charge >= 0.3 is 0 Å². The van der Waals surface area contributed by atoms with Crippen LogP contribution in [0.1, 0.15) is 16.6 Å². The van der Waals surface area contributed by atoms with Crippen molar-refractivity contribution in [2.45, 2.75) is 6.04 Å². The van der Waals surface area contributed by atoms with E-state index in [1.807, 2.05) is 0 Å². The van der Waals surface area contributed by atoms with Gasteiger partial charge in [-0.05, 0) is 35.7 Å². The maximum Gasteiger partial charge on any atom is 0.102 e. The Morgan fingerprint density at radius 3 is 2.83 bits per heavy atom. The van der Waals surface area contributed by atoms with Gasteiger partial charge < -0.3 is 9.88 Å². The molecule has 1 aliphatic rings. The molecule has 1 atom stereocenters. The Balaban J connectivity index is 1.93. The van der Waals surface area contributed by atoms with Crippen LogP contribution in [0.4, 0.5) is 5.69 Å². The molecule has 0 saturated heterocycles. The van der Waals surface area contributed by atoms with Crippen molar-refractivity contribution in [3.05, 3.63) is 70.7 Å². The Hall–Kier alpha value is -2.00. The van der Waals surface area contributed by atoms with Gasteiger partial charge in [0.15, 0.2) is 0 Å². The highest BCUT2D eigenvalue weighted by Crippen LogP contribution is 2.37. The number of rotatable bonds is 1. The van der Waals surface area contributed by atoms with Crippen molar-refractivity contribution in [3.63, 3.8) is 0 Å². The van der Waals surface area contributed by atoms with Crippen LogP contribution in [-0.2, 0) is 0 Å². The van der Waals surface area contributed by atoms with Crippen molar-refractivity contribution >= 4 is 17.0 Å². The molecule has 3 heterocycles. The third kappa shape index (κ3) is 1.34. The van der Waals surface area contributed by atoms with Crippen LogP contribution in [0.15, 0.2) is 60.1 Å². The van der Waals surface area contributed by atoms with E-state index in [9.17, 15) is 0 Å². The fourth-order valence-corrected chi connectivity index (χ4v) is 3.34. The number of benzene rings is 1. The topological polar surface area (TPSA) is 17.0 Å². The van der Waals surface area contributed by atoms with Crippen LogP contribution in [0.3, 0.4) is 0 Å². The summed E-state index contributed by atoms with van der Waals surface area (Å²) in [6, 6.07) is 17.3. The molecule has 88 valence electrons. The SMILES string of the molecule is c1csc([C@H]2Nc3ccccc3-n3cccc32)c1. The number of aromatic nitrogens is 1. The Morgan fingerprint density at radius 1 is 1.00 bits per heavy atom. The van der Waals surface area contributed by atoms with Crippen molar-refractivity contribution in [1.82, 2.24) is 4.57 Å². The number of para-hydroxylation sites is 2. The molecule has 1 N–H and O–H groups in total. The number of thiophene rings is 1. The van der Waals surface area contributed by atoms with Gasteiger partial charge in [-0.15, -0.1) is 11.3 Å². The van der Waals surface area contributed by atoms with Gasteiger partial charge in [-0.1, -0.05) is 18.2 Å². The van der Waals surface area contributed by atoms with E-state index >= 15 is 0 Å². The van der Waals surface area contributed by atoms with Gasteiger partial charge in [0.05, 0.1) is 17.1 Å². The van der Waals surface area contributed by atoms with Gasteiger partial charge in [0.1, 0.15) is 6.04 Å². The molecule has 0 saturated carbocycles. The number of hydrogen-bond donors (Lipinski definition) is 1. The lowest BCUT2D eigenvalue weighted by Crippen LogP contribution is -2.21. The summed E-state index contributed by atoms with van der Waals surface area (Å²) < 4.78 is 2.27. The molecule has 1 aromatic carbocycles. The van der Waals surface area contributed by atoms with Gasteiger partial charge in [-0.2, -0.15) is 0 Å².